The topological polar surface area (TPSA) is 30.0 Å². The number of carbonyl (C=O) groups excluding carboxylic acids is 1. The number of hydrogen-bond acceptors (Lipinski definition) is 2. The maximum atomic E-state index is 12.8. The molecule has 2 nitrogen and oxygen atoms in total. The molecule has 0 spiro atoms. The Morgan fingerprint density at radius 2 is 2.11 bits per heavy atom. The molecule has 1 aliphatic carbocycles. The van der Waals surface area contributed by atoms with Crippen LogP contribution in [0.2, 0.25) is 0 Å². The van der Waals surface area contributed by atoms with Gasteiger partial charge in [-0.15, -0.1) is 0 Å². The Hall–Kier alpha value is -1.70. The van der Waals surface area contributed by atoms with E-state index in [0.29, 0.717) is 5.78 Å². The van der Waals surface area contributed by atoms with Crippen LogP contribution >= 0.6 is 0 Å². The predicted octanol–water partition coefficient (Wildman–Crippen LogP) is 4.24. The Morgan fingerprint density at radius 3 is 2.84 bits per heavy atom. The monoisotopic (exact) mass is 253 g/mol. The van der Waals surface area contributed by atoms with E-state index in [1.165, 1.54) is 0 Å². The zero-order valence-electron chi connectivity index (χ0n) is 11.5. The largest absolute Gasteiger partial charge is 0.294 e. The molecule has 1 heterocycles. The number of nitrogens with zero attached hydrogens (tertiary/aromatic N) is 1. The highest BCUT2D eigenvalue weighted by Gasteiger charge is 2.39. The van der Waals surface area contributed by atoms with Crippen LogP contribution < -0.4 is 0 Å². The Bertz CT molecular complexity index is 625. The maximum Gasteiger partial charge on any atom is 0.167 e. The number of rotatable bonds is 2. The minimum Gasteiger partial charge on any atom is -0.294 e. The second kappa shape index (κ2) is 4.44. The van der Waals surface area contributed by atoms with Crippen molar-refractivity contribution in [1.29, 1.82) is 0 Å². The first-order valence-electron chi connectivity index (χ1n) is 6.97. The summed E-state index contributed by atoms with van der Waals surface area (Å²) in [7, 11) is 0. The first kappa shape index (κ1) is 12.3. The molecule has 0 bridgehead atoms. The quantitative estimate of drug-likeness (QED) is 0.749. The molecule has 1 atom stereocenters. The highest BCUT2D eigenvalue weighted by atomic mass is 16.1. The summed E-state index contributed by atoms with van der Waals surface area (Å²) < 4.78 is 0. The fourth-order valence-electron chi connectivity index (χ4n) is 3.32. The van der Waals surface area contributed by atoms with Gasteiger partial charge >= 0.3 is 0 Å². The molecule has 1 unspecified atom stereocenters. The lowest BCUT2D eigenvalue weighted by Gasteiger charge is -2.26. The number of carbonyl (C=O) groups is 1. The van der Waals surface area contributed by atoms with Crippen LogP contribution in [0.25, 0.3) is 10.9 Å². The lowest BCUT2D eigenvalue weighted by atomic mass is 9.77. The minimum atomic E-state index is 0.126. The van der Waals surface area contributed by atoms with Crippen LogP contribution in [0.15, 0.2) is 36.5 Å². The Balaban J connectivity index is 2.07. The van der Waals surface area contributed by atoms with E-state index in [0.717, 1.165) is 35.7 Å². The van der Waals surface area contributed by atoms with Crippen molar-refractivity contribution < 1.29 is 4.79 Å². The molecule has 1 saturated carbocycles. The van der Waals surface area contributed by atoms with Gasteiger partial charge in [-0.05, 0) is 30.4 Å². The molecule has 98 valence electrons. The molecule has 1 aliphatic rings. The third-order valence-electron chi connectivity index (χ3n) is 4.48. The van der Waals surface area contributed by atoms with Crippen LogP contribution in [0.1, 0.15) is 43.5 Å². The van der Waals surface area contributed by atoms with Gasteiger partial charge in [-0.25, -0.2) is 0 Å². The highest BCUT2D eigenvalue weighted by molar-refractivity contribution is 6.08. The van der Waals surface area contributed by atoms with E-state index in [1.54, 1.807) is 6.20 Å². The Kier molecular flexibility index (Phi) is 2.89. The minimum absolute atomic E-state index is 0.126. The normalized spacial score (nSPS) is 21.7. The molecule has 2 heteroatoms. The smallest absolute Gasteiger partial charge is 0.167 e. The molecular formula is C17H19NO. The van der Waals surface area contributed by atoms with Crippen LogP contribution in [0.4, 0.5) is 0 Å². The lowest BCUT2D eigenvalue weighted by Crippen LogP contribution is -2.26. The summed E-state index contributed by atoms with van der Waals surface area (Å²) in [6, 6.07) is 9.74. The summed E-state index contributed by atoms with van der Waals surface area (Å²) in [4.78, 5) is 17.2. The number of fused-ring (bicyclic) bond motifs is 1. The fraction of sp³-hybridized carbons (Fsp3) is 0.412. The third-order valence-corrected chi connectivity index (χ3v) is 4.48. The van der Waals surface area contributed by atoms with Crippen molar-refractivity contribution in [3.05, 3.63) is 42.1 Å². The molecule has 1 aromatic carbocycles. The van der Waals surface area contributed by atoms with Crippen molar-refractivity contribution >= 4 is 16.7 Å². The number of hydrogen-bond donors (Lipinski definition) is 0. The molecule has 1 fully saturated rings. The van der Waals surface area contributed by atoms with Crippen LogP contribution in [-0.2, 0) is 0 Å². The average molecular weight is 253 g/mol. The third kappa shape index (κ3) is 2.05. The molecule has 3 rings (SSSR count). The second-order valence-corrected chi connectivity index (χ2v) is 6.17. The molecule has 0 saturated heterocycles. The molecule has 1 aromatic heterocycles. The van der Waals surface area contributed by atoms with Gasteiger partial charge in [0.25, 0.3) is 0 Å². The van der Waals surface area contributed by atoms with E-state index in [4.69, 9.17) is 0 Å². The number of benzene rings is 1. The maximum absolute atomic E-state index is 12.8. The number of Topliss-reactive ketones (excluding diaryl/α,β-unsaturated/α-hetero) is 1. The molecule has 0 N–H and O–H groups in total. The first-order valence-corrected chi connectivity index (χ1v) is 6.97. The van der Waals surface area contributed by atoms with Crippen molar-refractivity contribution in [2.45, 2.75) is 33.1 Å². The summed E-state index contributed by atoms with van der Waals surface area (Å²) >= 11 is 0. The molecule has 0 aliphatic heterocycles. The van der Waals surface area contributed by atoms with Gasteiger partial charge in [-0.1, -0.05) is 38.5 Å². The van der Waals surface area contributed by atoms with E-state index < -0.39 is 0 Å². The number of pyridine rings is 1. The van der Waals surface area contributed by atoms with E-state index in [1.807, 2.05) is 30.3 Å². The predicted molar refractivity (Wildman–Crippen MR) is 77.2 cm³/mol. The van der Waals surface area contributed by atoms with Gasteiger partial charge in [0, 0.05) is 23.1 Å². The molecular weight excluding hydrogens is 234 g/mol. The standard InChI is InChI=1S/C17H19NO/c1-17(2)10-4-8-14(17)16(19)13-6-3-9-15-12(13)7-5-11-18-15/h3,5-7,9,11,14H,4,8,10H2,1-2H3. The fourth-order valence-corrected chi connectivity index (χ4v) is 3.32. The number of ketones is 1. The van der Waals surface area contributed by atoms with Gasteiger partial charge in [0.1, 0.15) is 0 Å². The summed E-state index contributed by atoms with van der Waals surface area (Å²) in [5, 5.41) is 0.984. The van der Waals surface area contributed by atoms with Crippen LogP contribution in [-0.4, -0.2) is 10.8 Å². The van der Waals surface area contributed by atoms with Crippen LogP contribution in [0.3, 0.4) is 0 Å². The summed E-state index contributed by atoms with van der Waals surface area (Å²) in [6.07, 6.45) is 5.09. The Labute approximate surface area is 113 Å². The average Bonchev–Trinajstić information content (AvgIpc) is 2.77. The van der Waals surface area contributed by atoms with Gasteiger partial charge in [0.15, 0.2) is 5.78 Å². The van der Waals surface area contributed by atoms with E-state index >= 15 is 0 Å². The Morgan fingerprint density at radius 1 is 1.26 bits per heavy atom. The van der Waals surface area contributed by atoms with Crippen molar-refractivity contribution in [1.82, 2.24) is 4.98 Å². The zero-order valence-corrected chi connectivity index (χ0v) is 11.5. The van der Waals surface area contributed by atoms with Crippen molar-refractivity contribution in [3.63, 3.8) is 0 Å². The van der Waals surface area contributed by atoms with Crippen molar-refractivity contribution in [2.75, 3.05) is 0 Å². The summed E-state index contributed by atoms with van der Waals surface area (Å²) in [5.74, 6) is 0.444. The van der Waals surface area contributed by atoms with Gasteiger partial charge in [-0.2, -0.15) is 0 Å². The number of aromatic nitrogens is 1. The van der Waals surface area contributed by atoms with E-state index in [9.17, 15) is 4.79 Å². The van der Waals surface area contributed by atoms with Gasteiger partial charge < -0.3 is 0 Å². The lowest BCUT2D eigenvalue weighted by molar-refractivity contribution is 0.0841. The van der Waals surface area contributed by atoms with E-state index in [2.05, 4.69) is 18.8 Å². The molecule has 0 amide bonds. The van der Waals surface area contributed by atoms with Gasteiger partial charge in [0.2, 0.25) is 0 Å². The molecule has 2 aromatic rings. The van der Waals surface area contributed by atoms with Crippen LogP contribution in [0.5, 0.6) is 0 Å². The van der Waals surface area contributed by atoms with Crippen molar-refractivity contribution in [3.8, 4) is 0 Å². The van der Waals surface area contributed by atoms with Crippen molar-refractivity contribution in [2.24, 2.45) is 11.3 Å². The van der Waals surface area contributed by atoms with Gasteiger partial charge in [-0.3, -0.25) is 9.78 Å². The highest BCUT2D eigenvalue weighted by Crippen LogP contribution is 2.44. The van der Waals surface area contributed by atoms with Gasteiger partial charge in [0.05, 0.1) is 5.52 Å². The summed E-state index contributed by atoms with van der Waals surface area (Å²) in [6.45, 7) is 4.43. The molecule has 19 heavy (non-hydrogen) atoms. The zero-order chi connectivity index (χ0) is 13.5. The summed E-state index contributed by atoms with van der Waals surface area (Å²) in [5.41, 5.74) is 1.87. The van der Waals surface area contributed by atoms with E-state index in [-0.39, 0.29) is 11.3 Å². The molecule has 0 radical (unpaired) electrons. The second-order valence-electron chi connectivity index (χ2n) is 6.17. The first-order chi connectivity index (χ1) is 9.09. The van der Waals surface area contributed by atoms with Crippen LogP contribution in [0, 0.1) is 11.3 Å². The SMILES string of the molecule is CC1(C)CCCC1C(=O)c1cccc2ncccc12.